The van der Waals surface area contributed by atoms with E-state index in [9.17, 15) is 4.39 Å². The zero-order valence-corrected chi connectivity index (χ0v) is 12.4. The topological polar surface area (TPSA) is 32.5 Å². The van der Waals surface area contributed by atoms with Gasteiger partial charge in [0.05, 0.1) is 0 Å². The van der Waals surface area contributed by atoms with Crippen LogP contribution in [0.3, 0.4) is 0 Å². The molecular formula is C16H26FN3. The normalized spacial score (nSPS) is 19.1. The lowest BCUT2D eigenvalue weighted by Crippen LogP contribution is -2.50. The van der Waals surface area contributed by atoms with Crippen LogP contribution in [0.25, 0.3) is 0 Å². The van der Waals surface area contributed by atoms with Gasteiger partial charge in [-0.25, -0.2) is 4.39 Å². The van der Waals surface area contributed by atoms with E-state index < -0.39 is 0 Å². The third-order valence-corrected chi connectivity index (χ3v) is 4.19. The standard InChI is InChI=1S/C16H26FN3/c1-2-16(6-7-18)20-10-8-19(9-11-20)13-14-4-3-5-15(17)12-14/h3-5,12,16H,2,6-11,13,18H2,1H3. The van der Waals surface area contributed by atoms with E-state index in [2.05, 4.69) is 16.7 Å². The molecule has 1 fully saturated rings. The summed E-state index contributed by atoms with van der Waals surface area (Å²) in [7, 11) is 0. The Hall–Kier alpha value is -0.970. The monoisotopic (exact) mass is 279 g/mol. The highest BCUT2D eigenvalue weighted by Gasteiger charge is 2.22. The first-order chi connectivity index (χ1) is 9.72. The average Bonchev–Trinajstić information content (AvgIpc) is 2.46. The summed E-state index contributed by atoms with van der Waals surface area (Å²) in [6, 6.07) is 7.54. The molecule has 1 aromatic carbocycles. The molecule has 1 saturated heterocycles. The van der Waals surface area contributed by atoms with Gasteiger partial charge in [0, 0.05) is 38.8 Å². The second-order valence-electron chi connectivity index (χ2n) is 5.58. The molecule has 1 atom stereocenters. The Morgan fingerprint density at radius 3 is 2.60 bits per heavy atom. The maximum absolute atomic E-state index is 13.2. The predicted octanol–water partition coefficient (Wildman–Crippen LogP) is 2.07. The van der Waals surface area contributed by atoms with Crippen molar-refractivity contribution in [2.75, 3.05) is 32.7 Å². The molecule has 1 heterocycles. The Morgan fingerprint density at radius 1 is 1.25 bits per heavy atom. The van der Waals surface area contributed by atoms with E-state index in [-0.39, 0.29) is 5.82 Å². The van der Waals surface area contributed by atoms with Crippen LogP contribution in [0.1, 0.15) is 25.3 Å². The quantitative estimate of drug-likeness (QED) is 0.865. The van der Waals surface area contributed by atoms with Gasteiger partial charge >= 0.3 is 0 Å². The van der Waals surface area contributed by atoms with Crippen LogP contribution in [0.5, 0.6) is 0 Å². The molecule has 1 aliphatic rings. The summed E-state index contributed by atoms with van der Waals surface area (Å²) in [5, 5.41) is 0. The van der Waals surface area contributed by atoms with Gasteiger partial charge < -0.3 is 5.73 Å². The molecule has 0 bridgehead atoms. The van der Waals surface area contributed by atoms with E-state index in [1.54, 1.807) is 12.1 Å². The highest BCUT2D eigenvalue weighted by molar-refractivity contribution is 5.16. The molecule has 0 spiro atoms. The summed E-state index contributed by atoms with van der Waals surface area (Å²) < 4.78 is 13.2. The van der Waals surface area contributed by atoms with Crippen molar-refractivity contribution < 1.29 is 4.39 Å². The number of halogens is 1. The van der Waals surface area contributed by atoms with Gasteiger partial charge in [-0.05, 0) is 37.1 Å². The molecule has 20 heavy (non-hydrogen) atoms. The fourth-order valence-electron chi connectivity index (χ4n) is 3.02. The summed E-state index contributed by atoms with van der Waals surface area (Å²) in [5.74, 6) is -0.143. The summed E-state index contributed by atoms with van der Waals surface area (Å²) in [6.07, 6.45) is 2.25. The number of nitrogens with zero attached hydrogens (tertiary/aromatic N) is 2. The molecule has 112 valence electrons. The van der Waals surface area contributed by atoms with E-state index in [0.29, 0.717) is 6.04 Å². The molecule has 4 heteroatoms. The number of hydrogen-bond acceptors (Lipinski definition) is 3. The van der Waals surface area contributed by atoms with Crippen LogP contribution in [0.4, 0.5) is 4.39 Å². The number of benzene rings is 1. The first kappa shape index (κ1) is 15.4. The molecular weight excluding hydrogens is 253 g/mol. The van der Waals surface area contributed by atoms with Crippen molar-refractivity contribution >= 4 is 0 Å². The van der Waals surface area contributed by atoms with Crippen molar-refractivity contribution in [3.8, 4) is 0 Å². The Balaban J connectivity index is 1.82. The van der Waals surface area contributed by atoms with Gasteiger partial charge in [0.1, 0.15) is 5.82 Å². The van der Waals surface area contributed by atoms with Gasteiger partial charge in [-0.2, -0.15) is 0 Å². The largest absolute Gasteiger partial charge is 0.330 e. The van der Waals surface area contributed by atoms with Crippen LogP contribution in [0.2, 0.25) is 0 Å². The second-order valence-corrected chi connectivity index (χ2v) is 5.58. The van der Waals surface area contributed by atoms with Gasteiger partial charge in [0.25, 0.3) is 0 Å². The van der Waals surface area contributed by atoms with E-state index in [1.807, 2.05) is 6.07 Å². The number of hydrogen-bond donors (Lipinski definition) is 1. The Bertz CT molecular complexity index is 402. The minimum Gasteiger partial charge on any atom is -0.330 e. The fraction of sp³-hybridized carbons (Fsp3) is 0.625. The smallest absolute Gasteiger partial charge is 0.123 e. The molecule has 0 radical (unpaired) electrons. The zero-order valence-electron chi connectivity index (χ0n) is 12.4. The summed E-state index contributed by atoms with van der Waals surface area (Å²) in [4.78, 5) is 4.95. The van der Waals surface area contributed by atoms with Gasteiger partial charge in [-0.1, -0.05) is 19.1 Å². The van der Waals surface area contributed by atoms with Crippen LogP contribution in [0, 0.1) is 5.82 Å². The molecule has 2 N–H and O–H groups in total. The van der Waals surface area contributed by atoms with Crippen molar-refractivity contribution in [2.24, 2.45) is 5.73 Å². The van der Waals surface area contributed by atoms with E-state index >= 15 is 0 Å². The number of piperazine rings is 1. The molecule has 3 nitrogen and oxygen atoms in total. The molecule has 1 unspecified atom stereocenters. The Labute approximate surface area is 121 Å². The van der Waals surface area contributed by atoms with Gasteiger partial charge in [-0.15, -0.1) is 0 Å². The Kier molecular flexibility index (Phi) is 5.95. The van der Waals surface area contributed by atoms with Crippen molar-refractivity contribution in [2.45, 2.75) is 32.4 Å². The predicted molar refractivity (Wildman–Crippen MR) is 81.0 cm³/mol. The molecule has 0 saturated carbocycles. The maximum Gasteiger partial charge on any atom is 0.123 e. The molecule has 1 aliphatic heterocycles. The number of rotatable bonds is 6. The average molecular weight is 279 g/mol. The first-order valence-corrected chi connectivity index (χ1v) is 7.64. The van der Waals surface area contributed by atoms with Crippen LogP contribution in [-0.4, -0.2) is 48.6 Å². The van der Waals surface area contributed by atoms with E-state index in [4.69, 9.17) is 5.73 Å². The summed E-state index contributed by atoms with van der Waals surface area (Å²) >= 11 is 0. The number of nitrogens with two attached hydrogens (primary N) is 1. The van der Waals surface area contributed by atoms with E-state index in [1.165, 1.54) is 12.5 Å². The van der Waals surface area contributed by atoms with Gasteiger partial charge in [0.2, 0.25) is 0 Å². The van der Waals surface area contributed by atoms with Crippen molar-refractivity contribution in [3.05, 3.63) is 35.6 Å². The van der Waals surface area contributed by atoms with Gasteiger partial charge in [-0.3, -0.25) is 9.80 Å². The fourth-order valence-corrected chi connectivity index (χ4v) is 3.02. The van der Waals surface area contributed by atoms with E-state index in [0.717, 1.165) is 51.3 Å². The summed E-state index contributed by atoms with van der Waals surface area (Å²) in [5.41, 5.74) is 6.75. The van der Waals surface area contributed by atoms with Crippen molar-refractivity contribution in [1.82, 2.24) is 9.80 Å². The molecule has 0 aliphatic carbocycles. The van der Waals surface area contributed by atoms with Crippen LogP contribution in [-0.2, 0) is 6.54 Å². The Morgan fingerprint density at radius 2 is 2.00 bits per heavy atom. The highest BCUT2D eigenvalue weighted by Crippen LogP contribution is 2.14. The van der Waals surface area contributed by atoms with Crippen LogP contribution in [0.15, 0.2) is 24.3 Å². The highest BCUT2D eigenvalue weighted by atomic mass is 19.1. The lowest BCUT2D eigenvalue weighted by molar-refractivity contribution is 0.0870. The van der Waals surface area contributed by atoms with Crippen molar-refractivity contribution in [3.63, 3.8) is 0 Å². The zero-order chi connectivity index (χ0) is 14.4. The maximum atomic E-state index is 13.2. The lowest BCUT2D eigenvalue weighted by Gasteiger charge is -2.39. The van der Waals surface area contributed by atoms with Crippen LogP contribution >= 0.6 is 0 Å². The minimum absolute atomic E-state index is 0.143. The molecule has 0 amide bonds. The summed E-state index contributed by atoms with van der Waals surface area (Å²) in [6.45, 7) is 8.14. The third-order valence-electron chi connectivity index (χ3n) is 4.19. The van der Waals surface area contributed by atoms with Crippen LogP contribution < -0.4 is 5.73 Å². The van der Waals surface area contributed by atoms with Gasteiger partial charge in [0.15, 0.2) is 0 Å². The molecule has 2 rings (SSSR count). The lowest BCUT2D eigenvalue weighted by atomic mass is 10.1. The second kappa shape index (κ2) is 7.72. The first-order valence-electron chi connectivity index (χ1n) is 7.64. The van der Waals surface area contributed by atoms with Crippen molar-refractivity contribution in [1.29, 1.82) is 0 Å². The SMILES string of the molecule is CCC(CCN)N1CCN(Cc2cccc(F)c2)CC1. The molecule has 1 aromatic rings. The molecule has 0 aromatic heterocycles. The minimum atomic E-state index is -0.143. The third kappa shape index (κ3) is 4.27.